The van der Waals surface area contributed by atoms with Crippen LogP contribution in [0.25, 0.3) is 0 Å². The summed E-state index contributed by atoms with van der Waals surface area (Å²) in [5.41, 5.74) is 4.78. The van der Waals surface area contributed by atoms with Crippen LogP contribution in [-0.2, 0) is 6.54 Å². The first-order valence-electron chi connectivity index (χ1n) is 7.17. The standard InChI is InChI=1S/C18H23NO2/c1-13-7-14(2)9-15(8-13)11-19-18(12-20)16-5-4-6-17(10-16)21-3/h4-10,18-20H,11-12H2,1-3H3. The van der Waals surface area contributed by atoms with Crippen LogP contribution < -0.4 is 10.1 Å². The highest BCUT2D eigenvalue weighted by Gasteiger charge is 2.10. The van der Waals surface area contributed by atoms with Gasteiger partial charge in [-0.2, -0.15) is 0 Å². The molecule has 3 heteroatoms. The van der Waals surface area contributed by atoms with Crippen LogP contribution in [0, 0.1) is 13.8 Å². The van der Waals surface area contributed by atoms with Gasteiger partial charge in [0.25, 0.3) is 0 Å². The van der Waals surface area contributed by atoms with E-state index < -0.39 is 0 Å². The first-order valence-corrected chi connectivity index (χ1v) is 7.17. The molecule has 2 aromatic rings. The molecular weight excluding hydrogens is 262 g/mol. The van der Waals surface area contributed by atoms with Crippen LogP contribution in [0.5, 0.6) is 5.75 Å². The van der Waals surface area contributed by atoms with E-state index in [4.69, 9.17) is 4.74 Å². The average Bonchev–Trinajstić information content (AvgIpc) is 2.47. The SMILES string of the molecule is COc1cccc(C(CO)NCc2cc(C)cc(C)c2)c1. The minimum absolute atomic E-state index is 0.0535. The Balaban J connectivity index is 2.08. The number of aliphatic hydroxyl groups is 1. The lowest BCUT2D eigenvalue weighted by atomic mass is 10.0. The summed E-state index contributed by atoms with van der Waals surface area (Å²) in [6.07, 6.45) is 0. The van der Waals surface area contributed by atoms with Crippen molar-refractivity contribution in [3.05, 3.63) is 64.7 Å². The van der Waals surface area contributed by atoms with E-state index in [0.29, 0.717) is 0 Å². The van der Waals surface area contributed by atoms with Gasteiger partial charge in [0.2, 0.25) is 0 Å². The molecule has 21 heavy (non-hydrogen) atoms. The van der Waals surface area contributed by atoms with Gasteiger partial charge in [0.1, 0.15) is 5.75 Å². The first-order chi connectivity index (χ1) is 10.1. The van der Waals surface area contributed by atoms with E-state index >= 15 is 0 Å². The number of methoxy groups -OCH3 is 1. The fraction of sp³-hybridized carbons (Fsp3) is 0.333. The van der Waals surface area contributed by atoms with E-state index in [2.05, 4.69) is 37.4 Å². The highest BCUT2D eigenvalue weighted by Crippen LogP contribution is 2.19. The molecule has 0 fully saturated rings. The molecule has 112 valence electrons. The van der Waals surface area contributed by atoms with E-state index in [1.807, 2.05) is 24.3 Å². The van der Waals surface area contributed by atoms with Gasteiger partial charge in [-0.1, -0.05) is 41.5 Å². The van der Waals surface area contributed by atoms with E-state index in [1.54, 1.807) is 7.11 Å². The summed E-state index contributed by atoms with van der Waals surface area (Å²) in [7, 11) is 1.65. The molecule has 2 rings (SSSR count). The van der Waals surface area contributed by atoms with Gasteiger partial charge in [0, 0.05) is 6.54 Å². The normalized spacial score (nSPS) is 12.2. The van der Waals surface area contributed by atoms with Gasteiger partial charge in [-0.05, 0) is 37.1 Å². The Hall–Kier alpha value is -1.84. The van der Waals surface area contributed by atoms with E-state index in [9.17, 15) is 5.11 Å². The molecule has 0 saturated heterocycles. The molecule has 2 N–H and O–H groups in total. The zero-order valence-corrected chi connectivity index (χ0v) is 12.9. The van der Waals surface area contributed by atoms with Crippen LogP contribution in [0.1, 0.15) is 28.3 Å². The second-order valence-electron chi connectivity index (χ2n) is 5.39. The van der Waals surface area contributed by atoms with Crippen LogP contribution in [0.3, 0.4) is 0 Å². The molecule has 0 aliphatic heterocycles. The lowest BCUT2D eigenvalue weighted by Gasteiger charge is -2.18. The molecule has 0 aliphatic carbocycles. The maximum atomic E-state index is 9.63. The van der Waals surface area contributed by atoms with Crippen LogP contribution in [0.4, 0.5) is 0 Å². The van der Waals surface area contributed by atoms with Gasteiger partial charge < -0.3 is 15.2 Å². The molecule has 0 amide bonds. The second-order valence-corrected chi connectivity index (χ2v) is 5.39. The third-order valence-electron chi connectivity index (χ3n) is 3.51. The van der Waals surface area contributed by atoms with E-state index in [-0.39, 0.29) is 12.6 Å². The highest BCUT2D eigenvalue weighted by molar-refractivity contribution is 5.31. The number of ether oxygens (including phenoxy) is 1. The summed E-state index contributed by atoms with van der Waals surface area (Å²) in [6, 6.07) is 14.2. The molecule has 0 heterocycles. The van der Waals surface area contributed by atoms with Gasteiger partial charge in [0.05, 0.1) is 19.8 Å². The molecule has 2 aromatic carbocycles. The summed E-state index contributed by atoms with van der Waals surface area (Å²) >= 11 is 0. The predicted molar refractivity (Wildman–Crippen MR) is 85.6 cm³/mol. The quantitative estimate of drug-likeness (QED) is 0.857. The Labute approximate surface area is 126 Å². The van der Waals surface area contributed by atoms with Crippen LogP contribution >= 0.6 is 0 Å². The Morgan fingerprint density at radius 2 is 1.81 bits per heavy atom. The van der Waals surface area contributed by atoms with Crippen molar-refractivity contribution in [2.24, 2.45) is 0 Å². The van der Waals surface area contributed by atoms with Gasteiger partial charge in [0.15, 0.2) is 0 Å². The van der Waals surface area contributed by atoms with Gasteiger partial charge >= 0.3 is 0 Å². The smallest absolute Gasteiger partial charge is 0.119 e. The number of hydrogen-bond acceptors (Lipinski definition) is 3. The summed E-state index contributed by atoms with van der Waals surface area (Å²) in [6.45, 7) is 4.98. The predicted octanol–water partition coefficient (Wildman–Crippen LogP) is 3.14. The van der Waals surface area contributed by atoms with Crippen LogP contribution in [0.2, 0.25) is 0 Å². The molecule has 0 saturated carbocycles. The van der Waals surface area contributed by atoms with E-state index in [0.717, 1.165) is 17.9 Å². The molecule has 0 bridgehead atoms. The third kappa shape index (κ3) is 4.31. The topological polar surface area (TPSA) is 41.5 Å². The monoisotopic (exact) mass is 285 g/mol. The summed E-state index contributed by atoms with van der Waals surface area (Å²) in [5.74, 6) is 0.805. The number of hydrogen-bond donors (Lipinski definition) is 2. The fourth-order valence-corrected chi connectivity index (χ4v) is 2.56. The highest BCUT2D eigenvalue weighted by atomic mass is 16.5. The maximum Gasteiger partial charge on any atom is 0.119 e. The Morgan fingerprint density at radius 3 is 2.43 bits per heavy atom. The average molecular weight is 285 g/mol. The number of benzene rings is 2. The number of aryl methyl sites for hydroxylation is 2. The molecule has 0 radical (unpaired) electrons. The molecule has 0 spiro atoms. The fourth-order valence-electron chi connectivity index (χ4n) is 2.56. The van der Waals surface area contributed by atoms with Crippen molar-refractivity contribution in [3.63, 3.8) is 0 Å². The molecule has 0 aromatic heterocycles. The maximum absolute atomic E-state index is 9.63. The number of rotatable bonds is 6. The van der Waals surface area contributed by atoms with E-state index in [1.165, 1.54) is 16.7 Å². The van der Waals surface area contributed by atoms with Crippen LogP contribution in [-0.4, -0.2) is 18.8 Å². The Morgan fingerprint density at radius 1 is 1.10 bits per heavy atom. The van der Waals surface area contributed by atoms with Crippen molar-refractivity contribution in [3.8, 4) is 5.75 Å². The van der Waals surface area contributed by atoms with Crippen molar-refractivity contribution >= 4 is 0 Å². The first kappa shape index (κ1) is 15.5. The van der Waals surface area contributed by atoms with Crippen molar-refractivity contribution in [2.45, 2.75) is 26.4 Å². The molecule has 3 nitrogen and oxygen atoms in total. The van der Waals surface area contributed by atoms with Crippen LogP contribution in [0.15, 0.2) is 42.5 Å². The van der Waals surface area contributed by atoms with Gasteiger partial charge in [-0.25, -0.2) is 0 Å². The largest absolute Gasteiger partial charge is 0.497 e. The zero-order chi connectivity index (χ0) is 15.2. The molecule has 1 unspecified atom stereocenters. The molecular formula is C18H23NO2. The lowest BCUT2D eigenvalue weighted by Crippen LogP contribution is -2.24. The summed E-state index contributed by atoms with van der Waals surface area (Å²) in [5, 5.41) is 13.0. The van der Waals surface area contributed by atoms with Gasteiger partial charge in [-0.3, -0.25) is 0 Å². The molecule has 1 atom stereocenters. The van der Waals surface area contributed by atoms with Crippen molar-refractivity contribution < 1.29 is 9.84 Å². The zero-order valence-electron chi connectivity index (χ0n) is 12.9. The molecule has 0 aliphatic rings. The Kier molecular flexibility index (Phi) is 5.37. The lowest BCUT2D eigenvalue weighted by molar-refractivity contribution is 0.243. The third-order valence-corrected chi connectivity index (χ3v) is 3.51. The van der Waals surface area contributed by atoms with Crippen molar-refractivity contribution in [1.82, 2.24) is 5.32 Å². The Bertz CT molecular complexity index is 575. The minimum atomic E-state index is -0.0964. The van der Waals surface area contributed by atoms with Crippen molar-refractivity contribution in [2.75, 3.05) is 13.7 Å². The second kappa shape index (κ2) is 7.25. The van der Waals surface area contributed by atoms with Crippen molar-refractivity contribution in [1.29, 1.82) is 0 Å². The summed E-state index contributed by atoms with van der Waals surface area (Å²) in [4.78, 5) is 0. The summed E-state index contributed by atoms with van der Waals surface area (Å²) < 4.78 is 5.23. The minimum Gasteiger partial charge on any atom is -0.497 e. The number of aliphatic hydroxyl groups excluding tert-OH is 1. The van der Waals surface area contributed by atoms with Gasteiger partial charge in [-0.15, -0.1) is 0 Å². The number of nitrogens with one attached hydrogen (secondary N) is 1.